The van der Waals surface area contributed by atoms with Gasteiger partial charge in [-0.05, 0) is 50.1 Å². The molecule has 2 aromatic carbocycles. The first-order valence-electron chi connectivity index (χ1n) is 11.5. The fraction of sp³-hybridized carbons (Fsp3) is 0.179. The number of rotatable bonds is 7. The summed E-state index contributed by atoms with van der Waals surface area (Å²) in [6.45, 7) is 6.16. The predicted molar refractivity (Wildman–Crippen MR) is 134 cm³/mol. The number of amides is 1. The zero-order valence-electron chi connectivity index (χ0n) is 19.9. The predicted octanol–water partition coefficient (Wildman–Crippen LogP) is 5.67. The zero-order valence-corrected chi connectivity index (χ0v) is 19.9. The van der Waals surface area contributed by atoms with E-state index < -0.39 is 0 Å². The maximum atomic E-state index is 13.0. The van der Waals surface area contributed by atoms with Crippen molar-refractivity contribution in [2.75, 3.05) is 5.32 Å². The number of ether oxygens (including phenoxy) is 1. The average molecular weight is 467 g/mol. The second-order valence-corrected chi connectivity index (χ2v) is 8.52. The maximum Gasteiger partial charge on any atom is 0.229 e. The molecule has 176 valence electrons. The van der Waals surface area contributed by atoms with Crippen LogP contribution in [0, 0.1) is 20.8 Å². The van der Waals surface area contributed by atoms with E-state index >= 15 is 0 Å². The molecule has 7 nitrogen and oxygen atoms in total. The van der Waals surface area contributed by atoms with Gasteiger partial charge >= 0.3 is 0 Å². The van der Waals surface area contributed by atoms with Crippen molar-refractivity contribution in [2.24, 2.45) is 0 Å². The van der Waals surface area contributed by atoms with Crippen LogP contribution < -0.4 is 10.1 Å². The number of hydrogen-bond donors (Lipinski definition) is 1. The highest BCUT2D eigenvalue weighted by atomic mass is 16.5. The second kappa shape index (κ2) is 9.46. The molecular weight excluding hydrogens is 440 g/mol. The first kappa shape index (κ1) is 22.4. The van der Waals surface area contributed by atoms with Crippen molar-refractivity contribution >= 4 is 17.4 Å². The lowest BCUT2D eigenvalue weighted by molar-refractivity contribution is -0.115. The molecule has 35 heavy (non-hydrogen) atoms. The molecule has 0 radical (unpaired) electrons. The van der Waals surface area contributed by atoms with Gasteiger partial charge in [0, 0.05) is 11.8 Å². The van der Waals surface area contributed by atoms with Gasteiger partial charge in [-0.15, -0.1) is 0 Å². The van der Waals surface area contributed by atoms with E-state index in [0.29, 0.717) is 12.4 Å². The molecule has 0 aliphatic heterocycles. The molecule has 0 unspecified atom stereocenters. The Morgan fingerprint density at radius 1 is 1.00 bits per heavy atom. The van der Waals surface area contributed by atoms with Gasteiger partial charge in [0.2, 0.25) is 5.91 Å². The number of anilines is 1. The summed E-state index contributed by atoms with van der Waals surface area (Å²) >= 11 is 0. The smallest absolute Gasteiger partial charge is 0.229 e. The standard InChI is InChI=1S/C28H26N4O3/c1-18-8-7-15-32-27(18)30-26(22-9-5-4-6-10-22)28(32)29-25(33)16-21-11-13-23(14-12-21)34-17-24-19(2)31-35-20(24)3/h4-15H,16-17H2,1-3H3,(H,29,33). The number of nitrogens with zero attached hydrogens (tertiary/aromatic N) is 3. The molecule has 0 atom stereocenters. The first-order chi connectivity index (χ1) is 17.0. The summed E-state index contributed by atoms with van der Waals surface area (Å²) in [5.41, 5.74) is 6.22. The largest absolute Gasteiger partial charge is 0.489 e. The van der Waals surface area contributed by atoms with Gasteiger partial charge in [0.25, 0.3) is 0 Å². The van der Waals surface area contributed by atoms with Crippen molar-refractivity contribution in [3.8, 4) is 17.0 Å². The van der Waals surface area contributed by atoms with Gasteiger partial charge in [-0.3, -0.25) is 9.20 Å². The van der Waals surface area contributed by atoms with Crippen LogP contribution in [-0.4, -0.2) is 20.4 Å². The van der Waals surface area contributed by atoms with Gasteiger partial charge in [-0.25, -0.2) is 4.98 Å². The first-order valence-corrected chi connectivity index (χ1v) is 11.5. The number of aryl methyl sites for hydroxylation is 3. The van der Waals surface area contributed by atoms with E-state index in [2.05, 4.69) is 10.5 Å². The summed E-state index contributed by atoms with van der Waals surface area (Å²) in [6, 6.07) is 21.4. The quantitative estimate of drug-likeness (QED) is 0.334. The Balaban J connectivity index is 1.31. The molecule has 3 aromatic heterocycles. The molecule has 1 amide bonds. The van der Waals surface area contributed by atoms with Gasteiger partial charge in [0.05, 0.1) is 17.7 Å². The molecule has 5 rings (SSSR count). The highest BCUT2D eigenvalue weighted by Gasteiger charge is 2.17. The number of carbonyl (C=O) groups excluding carboxylic acids is 1. The molecule has 0 saturated heterocycles. The minimum Gasteiger partial charge on any atom is -0.489 e. The normalized spacial score (nSPS) is 11.1. The van der Waals surface area contributed by atoms with Crippen LogP contribution in [0.25, 0.3) is 16.9 Å². The molecule has 0 spiro atoms. The van der Waals surface area contributed by atoms with Crippen molar-refractivity contribution in [3.63, 3.8) is 0 Å². The third-order valence-electron chi connectivity index (χ3n) is 6.00. The number of hydrogen-bond acceptors (Lipinski definition) is 5. The number of carbonyl (C=O) groups is 1. The number of nitrogens with one attached hydrogen (secondary N) is 1. The van der Waals surface area contributed by atoms with E-state index in [-0.39, 0.29) is 12.3 Å². The Morgan fingerprint density at radius 2 is 1.77 bits per heavy atom. The minimum absolute atomic E-state index is 0.116. The summed E-state index contributed by atoms with van der Waals surface area (Å²) in [7, 11) is 0. The Bertz CT molecular complexity index is 1460. The average Bonchev–Trinajstić information content (AvgIpc) is 3.39. The molecule has 7 heteroatoms. The third-order valence-corrected chi connectivity index (χ3v) is 6.00. The van der Waals surface area contributed by atoms with Crippen molar-refractivity contribution in [1.29, 1.82) is 0 Å². The second-order valence-electron chi connectivity index (χ2n) is 8.52. The highest BCUT2D eigenvalue weighted by molar-refractivity contribution is 5.95. The van der Waals surface area contributed by atoms with Crippen LogP contribution in [0.2, 0.25) is 0 Å². The van der Waals surface area contributed by atoms with E-state index in [9.17, 15) is 4.79 Å². The molecule has 0 fully saturated rings. The van der Waals surface area contributed by atoms with Crippen molar-refractivity contribution in [3.05, 3.63) is 101 Å². The van der Waals surface area contributed by atoms with Gasteiger partial charge in [0.1, 0.15) is 35.3 Å². The topological polar surface area (TPSA) is 81.7 Å². The molecule has 5 aromatic rings. The Hall–Kier alpha value is -4.39. The molecule has 0 saturated carbocycles. The molecule has 0 aliphatic rings. The number of fused-ring (bicyclic) bond motifs is 1. The van der Waals surface area contributed by atoms with E-state index in [1.807, 2.05) is 98.1 Å². The van der Waals surface area contributed by atoms with Crippen LogP contribution in [0.4, 0.5) is 5.82 Å². The molecular formula is C28H26N4O3. The number of pyridine rings is 1. The maximum absolute atomic E-state index is 13.0. The van der Waals surface area contributed by atoms with Gasteiger partial charge in [-0.1, -0.05) is 53.7 Å². The third kappa shape index (κ3) is 4.66. The molecule has 0 aliphatic carbocycles. The SMILES string of the molecule is Cc1noc(C)c1COc1ccc(CC(=O)Nc2c(-c3ccccc3)nc3c(C)cccn23)cc1. The van der Waals surface area contributed by atoms with Crippen molar-refractivity contribution in [2.45, 2.75) is 33.8 Å². The summed E-state index contributed by atoms with van der Waals surface area (Å²) in [4.78, 5) is 17.9. The summed E-state index contributed by atoms with van der Waals surface area (Å²) in [5, 5.41) is 7.04. The Morgan fingerprint density at radius 3 is 2.49 bits per heavy atom. The number of aromatic nitrogens is 3. The van der Waals surface area contributed by atoms with Crippen LogP contribution >= 0.6 is 0 Å². The van der Waals surface area contributed by atoms with Crippen LogP contribution in [0.1, 0.15) is 28.1 Å². The fourth-order valence-electron chi connectivity index (χ4n) is 4.05. The van der Waals surface area contributed by atoms with Crippen molar-refractivity contribution < 1.29 is 14.1 Å². The lowest BCUT2D eigenvalue weighted by Crippen LogP contribution is -2.16. The highest BCUT2D eigenvalue weighted by Crippen LogP contribution is 2.30. The van der Waals surface area contributed by atoms with Crippen LogP contribution in [-0.2, 0) is 17.8 Å². The van der Waals surface area contributed by atoms with Gasteiger partial charge in [0.15, 0.2) is 0 Å². The summed E-state index contributed by atoms with van der Waals surface area (Å²) in [5.74, 6) is 2.03. The number of imidazole rings is 1. The molecule has 3 heterocycles. The van der Waals surface area contributed by atoms with E-state index in [4.69, 9.17) is 14.2 Å². The molecule has 0 bridgehead atoms. The van der Waals surface area contributed by atoms with E-state index in [1.54, 1.807) is 0 Å². The van der Waals surface area contributed by atoms with Crippen molar-refractivity contribution in [1.82, 2.24) is 14.5 Å². The number of benzene rings is 2. The Kier molecular flexibility index (Phi) is 6.06. The minimum atomic E-state index is -0.116. The van der Waals surface area contributed by atoms with Gasteiger partial charge < -0.3 is 14.6 Å². The Labute approximate surface area is 203 Å². The lowest BCUT2D eigenvalue weighted by Gasteiger charge is -2.09. The lowest BCUT2D eigenvalue weighted by atomic mass is 10.1. The summed E-state index contributed by atoms with van der Waals surface area (Å²) in [6.07, 6.45) is 2.15. The van der Waals surface area contributed by atoms with Crippen LogP contribution in [0.3, 0.4) is 0 Å². The van der Waals surface area contributed by atoms with Crippen LogP contribution in [0.15, 0.2) is 77.4 Å². The fourth-order valence-corrected chi connectivity index (χ4v) is 4.05. The van der Waals surface area contributed by atoms with E-state index in [0.717, 1.165) is 50.8 Å². The zero-order chi connectivity index (χ0) is 24.4. The van der Waals surface area contributed by atoms with Crippen LogP contribution in [0.5, 0.6) is 5.75 Å². The van der Waals surface area contributed by atoms with E-state index in [1.165, 1.54) is 0 Å². The monoisotopic (exact) mass is 466 g/mol. The summed E-state index contributed by atoms with van der Waals surface area (Å²) < 4.78 is 13.0. The van der Waals surface area contributed by atoms with Gasteiger partial charge in [-0.2, -0.15) is 0 Å². The molecule has 1 N–H and O–H groups in total.